The summed E-state index contributed by atoms with van der Waals surface area (Å²) in [6.45, 7) is 5.88. The second-order valence-corrected chi connectivity index (χ2v) is 6.34. The fourth-order valence-electron chi connectivity index (χ4n) is 2.41. The van der Waals surface area contributed by atoms with Gasteiger partial charge in [-0.25, -0.2) is 0 Å². The van der Waals surface area contributed by atoms with Crippen LogP contribution < -0.4 is 5.32 Å². The smallest absolute Gasteiger partial charge is 0.0291 e. The number of nitrogens with zero attached hydrogens (tertiary/aromatic N) is 1. The minimum Gasteiger partial charge on any atom is -0.310 e. The van der Waals surface area contributed by atoms with Crippen molar-refractivity contribution in [2.24, 2.45) is 5.92 Å². The number of halogens is 1. The maximum absolute atomic E-state index is 3.65. The molecule has 2 unspecified atom stereocenters. The van der Waals surface area contributed by atoms with E-state index in [1.54, 1.807) is 0 Å². The number of benzene rings is 1. The Morgan fingerprint density at radius 2 is 2.12 bits per heavy atom. The van der Waals surface area contributed by atoms with Gasteiger partial charge in [-0.1, -0.05) is 12.1 Å². The monoisotopic (exact) mass is 344 g/mol. The van der Waals surface area contributed by atoms with Crippen LogP contribution in [0.4, 0.5) is 0 Å². The van der Waals surface area contributed by atoms with Crippen LogP contribution in [0.2, 0.25) is 0 Å². The average molecular weight is 344 g/mol. The highest BCUT2D eigenvalue weighted by atomic mass is 127. The first kappa shape index (κ1) is 13.3. The molecule has 0 bridgehead atoms. The van der Waals surface area contributed by atoms with E-state index >= 15 is 0 Å². The van der Waals surface area contributed by atoms with Gasteiger partial charge in [0.05, 0.1) is 0 Å². The molecule has 1 heterocycles. The molecule has 1 aliphatic rings. The lowest BCUT2D eigenvalue weighted by atomic mass is 10.1. The van der Waals surface area contributed by atoms with Gasteiger partial charge < -0.3 is 10.2 Å². The number of hydrogen-bond acceptors (Lipinski definition) is 2. The van der Waals surface area contributed by atoms with E-state index in [1.165, 1.54) is 28.6 Å². The first-order valence-electron chi connectivity index (χ1n) is 6.32. The van der Waals surface area contributed by atoms with Crippen molar-refractivity contribution in [3.05, 3.63) is 33.4 Å². The molecule has 1 aromatic carbocycles. The van der Waals surface area contributed by atoms with Gasteiger partial charge in [0.2, 0.25) is 0 Å². The topological polar surface area (TPSA) is 15.3 Å². The second kappa shape index (κ2) is 6.16. The predicted molar refractivity (Wildman–Crippen MR) is 81.2 cm³/mol. The van der Waals surface area contributed by atoms with Crippen LogP contribution in [0.5, 0.6) is 0 Å². The summed E-state index contributed by atoms with van der Waals surface area (Å²) in [7, 11) is 2.21. The summed E-state index contributed by atoms with van der Waals surface area (Å²) in [4.78, 5) is 2.42. The molecule has 1 fully saturated rings. The second-order valence-electron chi connectivity index (χ2n) is 5.10. The maximum atomic E-state index is 3.65. The Hall–Kier alpha value is -0.130. The van der Waals surface area contributed by atoms with Crippen molar-refractivity contribution in [2.75, 3.05) is 26.7 Å². The normalized spacial score (nSPS) is 22.9. The number of hydrogen-bond donors (Lipinski definition) is 1. The Kier molecular flexibility index (Phi) is 4.82. The quantitative estimate of drug-likeness (QED) is 0.845. The lowest BCUT2D eigenvalue weighted by Gasteiger charge is -2.17. The standard InChI is InChI=1S/C14H21IN2/c1-11(13-3-5-14(15)6-4-13)16-9-12-7-8-17(2)10-12/h3-6,11-12,16H,7-10H2,1-2H3. The largest absolute Gasteiger partial charge is 0.310 e. The summed E-state index contributed by atoms with van der Waals surface area (Å²) >= 11 is 2.35. The Bertz CT molecular complexity index is 350. The Morgan fingerprint density at radius 3 is 2.71 bits per heavy atom. The zero-order valence-electron chi connectivity index (χ0n) is 10.6. The molecule has 2 atom stereocenters. The van der Waals surface area contributed by atoms with Gasteiger partial charge in [-0.3, -0.25) is 0 Å². The van der Waals surface area contributed by atoms with Crippen molar-refractivity contribution >= 4 is 22.6 Å². The SMILES string of the molecule is CC(NCC1CCN(C)C1)c1ccc(I)cc1. The molecule has 17 heavy (non-hydrogen) atoms. The van der Waals surface area contributed by atoms with Gasteiger partial charge in [-0.15, -0.1) is 0 Å². The zero-order chi connectivity index (χ0) is 12.3. The highest BCUT2D eigenvalue weighted by Gasteiger charge is 2.19. The van der Waals surface area contributed by atoms with Gasteiger partial charge in [0.1, 0.15) is 0 Å². The van der Waals surface area contributed by atoms with E-state index in [2.05, 4.69) is 71.0 Å². The molecule has 2 nitrogen and oxygen atoms in total. The molecular weight excluding hydrogens is 323 g/mol. The van der Waals surface area contributed by atoms with Crippen LogP contribution in [0.1, 0.15) is 24.9 Å². The van der Waals surface area contributed by atoms with Crippen molar-refractivity contribution < 1.29 is 0 Å². The molecular formula is C14H21IN2. The first-order valence-corrected chi connectivity index (χ1v) is 7.40. The molecule has 0 aliphatic carbocycles. The van der Waals surface area contributed by atoms with Crippen LogP contribution in [0.15, 0.2) is 24.3 Å². The highest BCUT2D eigenvalue weighted by molar-refractivity contribution is 14.1. The Balaban J connectivity index is 1.81. The van der Waals surface area contributed by atoms with E-state index < -0.39 is 0 Å². The van der Waals surface area contributed by atoms with E-state index in [1.807, 2.05) is 0 Å². The molecule has 1 saturated heterocycles. The lowest BCUT2D eigenvalue weighted by molar-refractivity contribution is 0.382. The minimum absolute atomic E-state index is 0.456. The van der Waals surface area contributed by atoms with Crippen LogP contribution in [0.3, 0.4) is 0 Å². The van der Waals surface area contributed by atoms with E-state index in [0.29, 0.717) is 6.04 Å². The third-order valence-corrected chi connectivity index (χ3v) is 4.29. The minimum atomic E-state index is 0.456. The van der Waals surface area contributed by atoms with Gasteiger partial charge >= 0.3 is 0 Å². The van der Waals surface area contributed by atoms with Crippen LogP contribution in [0.25, 0.3) is 0 Å². The Morgan fingerprint density at radius 1 is 1.41 bits per heavy atom. The summed E-state index contributed by atoms with van der Waals surface area (Å²) in [6.07, 6.45) is 1.34. The van der Waals surface area contributed by atoms with Crippen LogP contribution in [-0.2, 0) is 0 Å². The van der Waals surface area contributed by atoms with E-state index in [-0.39, 0.29) is 0 Å². The first-order chi connectivity index (χ1) is 8.15. The predicted octanol–water partition coefficient (Wildman–Crippen LogP) is 2.89. The molecule has 3 heteroatoms. The van der Waals surface area contributed by atoms with E-state index in [0.717, 1.165) is 12.5 Å². The van der Waals surface area contributed by atoms with Crippen LogP contribution >= 0.6 is 22.6 Å². The van der Waals surface area contributed by atoms with Crippen LogP contribution in [0, 0.1) is 9.49 Å². The maximum Gasteiger partial charge on any atom is 0.0291 e. The van der Waals surface area contributed by atoms with Crippen molar-refractivity contribution in [3.8, 4) is 0 Å². The van der Waals surface area contributed by atoms with Crippen molar-refractivity contribution in [3.63, 3.8) is 0 Å². The molecule has 0 radical (unpaired) electrons. The molecule has 1 N–H and O–H groups in total. The third kappa shape index (κ3) is 3.93. The molecule has 94 valence electrons. The van der Waals surface area contributed by atoms with Gasteiger partial charge in [-0.05, 0) is 79.7 Å². The number of rotatable bonds is 4. The van der Waals surface area contributed by atoms with Gasteiger partial charge in [0, 0.05) is 16.2 Å². The molecule has 0 spiro atoms. The fraction of sp³-hybridized carbons (Fsp3) is 0.571. The third-order valence-electron chi connectivity index (χ3n) is 3.57. The molecule has 0 aromatic heterocycles. The van der Waals surface area contributed by atoms with E-state index in [4.69, 9.17) is 0 Å². The molecule has 2 rings (SSSR count). The summed E-state index contributed by atoms with van der Waals surface area (Å²) in [5.74, 6) is 0.825. The van der Waals surface area contributed by atoms with Gasteiger partial charge in [0.25, 0.3) is 0 Å². The number of likely N-dealkylation sites (tertiary alicyclic amines) is 1. The average Bonchev–Trinajstić information content (AvgIpc) is 2.73. The lowest BCUT2D eigenvalue weighted by Crippen LogP contribution is -2.27. The Labute approximate surface area is 118 Å². The molecule has 0 amide bonds. The van der Waals surface area contributed by atoms with Gasteiger partial charge in [-0.2, -0.15) is 0 Å². The summed E-state index contributed by atoms with van der Waals surface area (Å²) in [6, 6.07) is 9.26. The van der Waals surface area contributed by atoms with Crippen LogP contribution in [-0.4, -0.2) is 31.6 Å². The zero-order valence-corrected chi connectivity index (χ0v) is 12.8. The fourth-order valence-corrected chi connectivity index (χ4v) is 2.77. The number of nitrogens with one attached hydrogen (secondary N) is 1. The summed E-state index contributed by atoms with van der Waals surface area (Å²) < 4.78 is 1.30. The van der Waals surface area contributed by atoms with Crippen molar-refractivity contribution in [1.29, 1.82) is 0 Å². The molecule has 0 saturated carbocycles. The van der Waals surface area contributed by atoms with Crippen molar-refractivity contribution in [1.82, 2.24) is 10.2 Å². The van der Waals surface area contributed by atoms with E-state index in [9.17, 15) is 0 Å². The molecule has 1 aromatic rings. The highest BCUT2D eigenvalue weighted by Crippen LogP contribution is 2.17. The molecule has 1 aliphatic heterocycles. The van der Waals surface area contributed by atoms with Crippen molar-refractivity contribution in [2.45, 2.75) is 19.4 Å². The van der Waals surface area contributed by atoms with Gasteiger partial charge in [0.15, 0.2) is 0 Å². The summed E-state index contributed by atoms with van der Waals surface area (Å²) in [5, 5.41) is 3.65. The summed E-state index contributed by atoms with van der Waals surface area (Å²) in [5.41, 5.74) is 1.39.